The van der Waals surface area contributed by atoms with E-state index in [0.29, 0.717) is 6.42 Å². The summed E-state index contributed by atoms with van der Waals surface area (Å²) < 4.78 is 0. The van der Waals surface area contributed by atoms with Crippen LogP contribution in [-0.4, -0.2) is 40.6 Å². The third kappa shape index (κ3) is 6.28. The molecule has 0 fully saturated rings. The van der Waals surface area contributed by atoms with Gasteiger partial charge in [0.2, 0.25) is 5.91 Å². The van der Waals surface area contributed by atoms with Crippen molar-refractivity contribution in [3.05, 3.63) is 29.3 Å². The number of hydrogen-bond acceptors (Lipinski definition) is 4. The number of aromatic hydroxyl groups is 1. The Bertz CT molecular complexity index is 613. The Balaban J connectivity index is 2.47. The normalized spacial score (nSPS) is 11.8. The summed E-state index contributed by atoms with van der Waals surface area (Å²) in [7, 11) is 0. The highest BCUT2D eigenvalue weighted by molar-refractivity contribution is 5.97. The van der Waals surface area contributed by atoms with Crippen LogP contribution in [-0.2, 0) is 9.59 Å². The summed E-state index contributed by atoms with van der Waals surface area (Å²) in [6.45, 7) is 5.58. The van der Waals surface area contributed by atoms with Gasteiger partial charge in [-0.1, -0.05) is 19.9 Å². The lowest BCUT2D eigenvalue weighted by Crippen LogP contribution is -2.42. The fraction of sp³-hybridized carbons (Fsp3) is 0.471. The van der Waals surface area contributed by atoms with E-state index in [1.807, 2.05) is 13.8 Å². The fourth-order valence-corrected chi connectivity index (χ4v) is 2.18. The summed E-state index contributed by atoms with van der Waals surface area (Å²) in [6.07, 6.45) is 0.297. The van der Waals surface area contributed by atoms with Gasteiger partial charge in [0.25, 0.3) is 5.91 Å². The molecule has 1 atom stereocenters. The number of amides is 2. The van der Waals surface area contributed by atoms with Gasteiger partial charge in [0.1, 0.15) is 11.8 Å². The van der Waals surface area contributed by atoms with E-state index in [4.69, 9.17) is 5.11 Å². The van der Waals surface area contributed by atoms with Crippen LogP contribution in [0.4, 0.5) is 0 Å². The standard InChI is InChI=1S/C17H24N2O5/c1-10(2)8-13(17(23)24)19-15(21)6-7-18-16(22)12-5-4-11(3)9-14(12)20/h4-5,9-10,13,20H,6-8H2,1-3H3,(H,18,22)(H,19,21)(H,23,24)/t13-/m1/s1. The van der Waals surface area contributed by atoms with Crippen LogP contribution in [0.2, 0.25) is 0 Å². The number of nitrogens with one attached hydrogen (secondary N) is 2. The number of rotatable bonds is 8. The first-order valence-electron chi connectivity index (χ1n) is 7.80. The zero-order chi connectivity index (χ0) is 18.3. The van der Waals surface area contributed by atoms with Crippen LogP contribution in [0.5, 0.6) is 5.75 Å². The number of aliphatic carboxylic acids is 1. The van der Waals surface area contributed by atoms with Gasteiger partial charge >= 0.3 is 5.97 Å². The summed E-state index contributed by atoms with van der Waals surface area (Å²) in [4.78, 5) is 34.8. The zero-order valence-electron chi connectivity index (χ0n) is 14.1. The molecule has 0 aromatic heterocycles. The summed E-state index contributed by atoms with van der Waals surface area (Å²) in [5, 5.41) is 23.8. The molecule has 0 aliphatic carbocycles. The average Bonchev–Trinajstić information content (AvgIpc) is 2.45. The van der Waals surface area contributed by atoms with Crippen molar-refractivity contribution in [1.29, 1.82) is 0 Å². The Labute approximate surface area is 141 Å². The lowest BCUT2D eigenvalue weighted by molar-refractivity contribution is -0.142. The molecule has 0 spiro atoms. The van der Waals surface area contributed by atoms with Gasteiger partial charge in [0, 0.05) is 13.0 Å². The van der Waals surface area contributed by atoms with Crippen molar-refractivity contribution in [2.75, 3.05) is 6.54 Å². The first-order chi connectivity index (χ1) is 11.2. The molecule has 0 heterocycles. The van der Waals surface area contributed by atoms with Crippen LogP contribution < -0.4 is 10.6 Å². The molecule has 1 aromatic carbocycles. The highest BCUT2D eigenvalue weighted by Gasteiger charge is 2.21. The van der Waals surface area contributed by atoms with E-state index < -0.39 is 23.8 Å². The number of carboxylic acid groups (broad SMARTS) is 1. The molecule has 24 heavy (non-hydrogen) atoms. The Morgan fingerprint density at radius 2 is 1.88 bits per heavy atom. The van der Waals surface area contributed by atoms with Crippen molar-refractivity contribution >= 4 is 17.8 Å². The summed E-state index contributed by atoms with van der Waals surface area (Å²) in [6, 6.07) is 3.74. The predicted octanol–water partition coefficient (Wildman–Crippen LogP) is 1.44. The Hall–Kier alpha value is -2.57. The molecule has 0 aliphatic heterocycles. The first-order valence-corrected chi connectivity index (χ1v) is 7.80. The van der Waals surface area contributed by atoms with Gasteiger partial charge in [0.15, 0.2) is 0 Å². The van der Waals surface area contributed by atoms with E-state index in [0.717, 1.165) is 5.56 Å². The minimum atomic E-state index is -1.08. The smallest absolute Gasteiger partial charge is 0.326 e. The van der Waals surface area contributed by atoms with Crippen LogP contribution in [0.1, 0.15) is 42.6 Å². The Kier molecular flexibility index (Phi) is 7.23. The molecule has 7 heteroatoms. The number of benzene rings is 1. The molecule has 0 radical (unpaired) electrons. The van der Waals surface area contributed by atoms with Crippen molar-refractivity contribution in [3.63, 3.8) is 0 Å². The fourth-order valence-electron chi connectivity index (χ4n) is 2.18. The molecule has 4 N–H and O–H groups in total. The number of carboxylic acids is 1. The lowest BCUT2D eigenvalue weighted by atomic mass is 10.0. The minimum absolute atomic E-state index is 0.0414. The quantitative estimate of drug-likeness (QED) is 0.573. The van der Waals surface area contributed by atoms with Crippen LogP contribution in [0.25, 0.3) is 0 Å². The SMILES string of the molecule is Cc1ccc(C(=O)NCCC(=O)N[C@H](CC(C)C)C(=O)O)c(O)c1. The van der Waals surface area contributed by atoms with Crippen LogP contribution in [0.3, 0.4) is 0 Å². The van der Waals surface area contributed by atoms with Crippen molar-refractivity contribution in [3.8, 4) is 5.75 Å². The van der Waals surface area contributed by atoms with Gasteiger partial charge < -0.3 is 20.8 Å². The lowest BCUT2D eigenvalue weighted by Gasteiger charge is -2.16. The van der Waals surface area contributed by atoms with Crippen molar-refractivity contribution in [1.82, 2.24) is 10.6 Å². The largest absolute Gasteiger partial charge is 0.507 e. The van der Waals surface area contributed by atoms with Gasteiger partial charge in [0.05, 0.1) is 5.56 Å². The van der Waals surface area contributed by atoms with Crippen molar-refractivity contribution in [2.24, 2.45) is 5.92 Å². The first kappa shape index (κ1) is 19.5. The van der Waals surface area contributed by atoms with E-state index in [1.54, 1.807) is 13.0 Å². The molecule has 2 amide bonds. The summed E-state index contributed by atoms with van der Waals surface area (Å²) >= 11 is 0. The summed E-state index contributed by atoms with van der Waals surface area (Å²) in [5.41, 5.74) is 0.956. The minimum Gasteiger partial charge on any atom is -0.507 e. The number of aryl methyl sites for hydroxylation is 1. The molecule has 0 bridgehead atoms. The van der Waals surface area contributed by atoms with E-state index in [2.05, 4.69) is 10.6 Å². The molecular weight excluding hydrogens is 312 g/mol. The maximum absolute atomic E-state index is 11.9. The predicted molar refractivity (Wildman–Crippen MR) is 88.8 cm³/mol. The van der Waals surface area contributed by atoms with Crippen LogP contribution in [0.15, 0.2) is 18.2 Å². The van der Waals surface area contributed by atoms with E-state index in [9.17, 15) is 19.5 Å². The average molecular weight is 336 g/mol. The van der Waals surface area contributed by atoms with E-state index in [1.165, 1.54) is 12.1 Å². The van der Waals surface area contributed by atoms with E-state index in [-0.39, 0.29) is 30.2 Å². The van der Waals surface area contributed by atoms with Crippen LogP contribution in [0, 0.1) is 12.8 Å². The molecule has 132 valence electrons. The zero-order valence-corrected chi connectivity index (χ0v) is 14.1. The number of hydrogen-bond donors (Lipinski definition) is 4. The molecule has 1 aromatic rings. The van der Waals surface area contributed by atoms with E-state index >= 15 is 0 Å². The van der Waals surface area contributed by atoms with Crippen LogP contribution >= 0.6 is 0 Å². The molecule has 0 aliphatic rings. The van der Waals surface area contributed by atoms with Crippen molar-refractivity contribution < 1.29 is 24.6 Å². The highest BCUT2D eigenvalue weighted by atomic mass is 16.4. The third-order valence-electron chi connectivity index (χ3n) is 3.38. The second-order valence-electron chi connectivity index (χ2n) is 6.11. The number of phenols is 1. The second kappa shape index (κ2) is 8.90. The molecule has 0 unspecified atom stereocenters. The highest BCUT2D eigenvalue weighted by Crippen LogP contribution is 2.18. The number of carbonyl (C=O) groups is 3. The number of carbonyl (C=O) groups excluding carboxylic acids is 2. The molecule has 1 rings (SSSR count). The molecular formula is C17H24N2O5. The maximum atomic E-state index is 11.9. The topological polar surface area (TPSA) is 116 Å². The van der Waals surface area contributed by atoms with Gasteiger partial charge in [-0.15, -0.1) is 0 Å². The molecule has 7 nitrogen and oxygen atoms in total. The maximum Gasteiger partial charge on any atom is 0.326 e. The Morgan fingerprint density at radius 3 is 2.42 bits per heavy atom. The van der Waals surface area contributed by atoms with Gasteiger partial charge in [-0.25, -0.2) is 4.79 Å². The molecule has 0 saturated heterocycles. The Morgan fingerprint density at radius 1 is 1.21 bits per heavy atom. The second-order valence-corrected chi connectivity index (χ2v) is 6.11. The van der Waals surface area contributed by atoms with Gasteiger partial charge in [-0.3, -0.25) is 9.59 Å². The molecule has 0 saturated carbocycles. The van der Waals surface area contributed by atoms with Gasteiger partial charge in [-0.05, 0) is 37.0 Å². The number of phenolic OH excluding ortho intramolecular Hbond substituents is 1. The van der Waals surface area contributed by atoms with Gasteiger partial charge in [-0.2, -0.15) is 0 Å². The summed E-state index contributed by atoms with van der Waals surface area (Å²) in [5.74, 6) is -2.00. The third-order valence-corrected chi connectivity index (χ3v) is 3.38. The van der Waals surface area contributed by atoms with Crippen molar-refractivity contribution in [2.45, 2.75) is 39.7 Å². The monoisotopic (exact) mass is 336 g/mol.